The van der Waals surface area contributed by atoms with Crippen LogP contribution in [-0.4, -0.2) is 34.8 Å². The fourth-order valence-corrected chi connectivity index (χ4v) is 2.91. The predicted octanol–water partition coefficient (Wildman–Crippen LogP) is 2.06. The van der Waals surface area contributed by atoms with Gasteiger partial charge in [0.05, 0.1) is 23.1 Å². The number of aryl methyl sites for hydroxylation is 2. The lowest BCUT2D eigenvalue weighted by Gasteiger charge is -2.14. The molecule has 0 aliphatic heterocycles. The van der Waals surface area contributed by atoms with Crippen molar-refractivity contribution in [3.63, 3.8) is 0 Å². The third-order valence-electron chi connectivity index (χ3n) is 4.47. The number of nitrogens with zero attached hydrogens (tertiary/aromatic N) is 6. The molecule has 8 nitrogen and oxygen atoms in total. The van der Waals surface area contributed by atoms with E-state index in [-0.39, 0.29) is 5.95 Å². The van der Waals surface area contributed by atoms with Crippen molar-refractivity contribution in [1.82, 2.24) is 29.7 Å². The Balaban J connectivity index is 1.76. The Morgan fingerprint density at radius 3 is 2.66 bits per heavy atom. The number of rotatable bonds is 2. The van der Waals surface area contributed by atoms with E-state index in [0.717, 1.165) is 27.9 Å². The molecule has 1 unspecified atom stereocenters. The monoisotopic (exact) mass is 385 g/mol. The molecule has 1 atom stereocenters. The predicted molar refractivity (Wildman–Crippen MR) is 109 cm³/mol. The average molecular weight is 385 g/mol. The summed E-state index contributed by atoms with van der Waals surface area (Å²) in [6.07, 6.45) is 4.72. The van der Waals surface area contributed by atoms with E-state index in [0.29, 0.717) is 11.5 Å². The lowest BCUT2D eigenvalue weighted by Crippen LogP contribution is -2.20. The number of hydrogen-bond donors (Lipinski definition) is 2. The molecule has 0 saturated heterocycles. The zero-order valence-electron chi connectivity index (χ0n) is 16.2. The molecular weight excluding hydrogens is 366 g/mol. The second-order valence-electron chi connectivity index (χ2n) is 6.87. The van der Waals surface area contributed by atoms with Crippen LogP contribution in [0.2, 0.25) is 0 Å². The second-order valence-corrected chi connectivity index (χ2v) is 6.87. The molecule has 3 N–H and O–H groups in total. The zero-order chi connectivity index (χ0) is 20.6. The van der Waals surface area contributed by atoms with Gasteiger partial charge in [0.25, 0.3) is 0 Å². The summed E-state index contributed by atoms with van der Waals surface area (Å²) >= 11 is 0. The van der Waals surface area contributed by atoms with Gasteiger partial charge in [0.1, 0.15) is 5.69 Å². The molecule has 29 heavy (non-hydrogen) atoms. The van der Waals surface area contributed by atoms with E-state index >= 15 is 0 Å². The largest absolute Gasteiger partial charge is 0.372 e. The van der Waals surface area contributed by atoms with Gasteiger partial charge in [0.2, 0.25) is 5.95 Å². The molecule has 1 aromatic carbocycles. The van der Waals surface area contributed by atoms with Crippen LogP contribution in [0.15, 0.2) is 42.9 Å². The third kappa shape index (κ3) is 3.63. The van der Waals surface area contributed by atoms with E-state index < -0.39 is 5.60 Å². The van der Waals surface area contributed by atoms with Crippen LogP contribution in [0, 0.1) is 25.7 Å². The van der Waals surface area contributed by atoms with Crippen molar-refractivity contribution in [3.8, 4) is 17.7 Å². The highest BCUT2D eigenvalue weighted by molar-refractivity contribution is 5.84. The summed E-state index contributed by atoms with van der Waals surface area (Å²) in [5, 5.41) is 16.2. The lowest BCUT2D eigenvalue weighted by atomic mass is 10.0. The quantitative estimate of drug-likeness (QED) is 0.507. The van der Waals surface area contributed by atoms with E-state index in [1.165, 1.54) is 6.20 Å². The molecule has 0 aliphatic rings. The van der Waals surface area contributed by atoms with Gasteiger partial charge in [-0.25, -0.2) is 9.67 Å². The maximum absolute atomic E-state index is 10.7. The number of aromatic nitrogens is 6. The van der Waals surface area contributed by atoms with Crippen LogP contribution in [0.1, 0.15) is 29.6 Å². The second kappa shape index (κ2) is 6.96. The summed E-state index contributed by atoms with van der Waals surface area (Å²) in [6.45, 7) is 5.36. The first-order valence-electron chi connectivity index (χ1n) is 8.96. The fraction of sp³-hybridized carbons (Fsp3) is 0.190. The minimum Gasteiger partial charge on any atom is -0.372 e. The summed E-state index contributed by atoms with van der Waals surface area (Å²) in [5.74, 6) is 6.65. The molecule has 0 amide bonds. The Morgan fingerprint density at radius 1 is 1.10 bits per heavy atom. The Bertz CT molecular complexity index is 1260. The Labute approximate surface area is 167 Å². The van der Waals surface area contributed by atoms with Crippen molar-refractivity contribution in [1.29, 1.82) is 0 Å². The van der Waals surface area contributed by atoms with Gasteiger partial charge in [0.15, 0.2) is 11.4 Å². The van der Waals surface area contributed by atoms with Crippen LogP contribution in [0.4, 0.5) is 5.95 Å². The van der Waals surface area contributed by atoms with Crippen molar-refractivity contribution >= 4 is 16.9 Å². The molecule has 0 bridgehead atoms. The van der Waals surface area contributed by atoms with Gasteiger partial charge in [-0.05, 0) is 39.0 Å². The number of aliphatic hydroxyl groups is 1. The number of nitrogens with two attached hydrogens (primary N) is 1. The van der Waals surface area contributed by atoms with E-state index in [2.05, 4.69) is 36.9 Å². The number of hydrogen-bond acceptors (Lipinski definition) is 7. The van der Waals surface area contributed by atoms with Crippen molar-refractivity contribution in [2.24, 2.45) is 0 Å². The highest BCUT2D eigenvalue weighted by Crippen LogP contribution is 2.23. The van der Waals surface area contributed by atoms with Gasteiger partial charge < -0.3 is 10.8 Å². The van der Waals surface area contributed by atoms with Crippen LogP contribution in [0.3, 0.4) is 0 Å². The first kappa shape index (κ1) is 18.5. The fourth-order valence-electron chi connectivity index (χ4n) is 2.91. The highest BCUT2D eigenvalue weighted by atomic mass is 16.3. The van der Waals surface area contributed by atoms with E-state index in [4.69, 9.17) is 5.73 Å². The summed E-state index contributed by atoms with van der Waals surface area (Å²) in [4.78, 5) is 16.6. The summed E-state index contributed by atoms with van der Waals surface area (Å²) < 4.78 is 1.71. The summed E-state index contributed by atoms with van der Waals surface area (Å²) in [5.41, 5.74) is 7.88. The van der Waals surface area contributed by atoms with Crippen molar-refractivity contribution in [3.05, 3.63) is 65.5 Å². The molecule has 4 rings (SSSR count). The normalized spacial score (nSPS) is 13.0. The molecule has 144 valence electrons. The molecule has 0 saturated carbocycles. The maximum Gasteiger partial charge on any atom is 0.221 e. The van der Waals surface area contributed by atoms with Gasteiger partial charge in [0, 0.05) is 29.4 Å². The maximum atomic E-state index is 10.7. The standard InChI is InChI=1S/C21H19N7O/c1-13-11-25-18(12-24-13)21(3,29)8-6-15-4-5-16-14(2)27-28(17(16)10-15)19-7-9-23-20(22)26-19/h4-5,7,9-12,29H,1-3H3,(H2,22,23,26). The molecule has 0 fully saturated rings. The van der Waals surface area contributed by atoms with Gasteiger partial charge >= 0.3 is 0 Å². The highest BCUT2D eigenvalue weighted by Gasteiger charge is 2.22. The number of fused-ring (bicyclic) bond motifs is 1. The minimum atomic E-state index is -1.42. The number of benzene rings is 1. The first-order chi connectivity index (χ1) is 13.8. The molecular formula is C21H19N7O. The van der Waals surface area contributed by atoms with Crippen LogP contribution in [0.25, 0.3) is 16.7 Å². The molecule has 8 heteroatoms. The summed E-state index contributed by atoms with van der Waals surface area (Å²) in [7, 11) is 0. The molecule has 0 radical (unpaired) electrons. The van der Waals surface area contributed by atoms with Gasteiger partial charge in [-0.2, -0.15) is 10.1 Å². The summed E-state index contributed by atoms with van der Waals surface area (Å²) in [6, 6.07) is 7.47. The number of anilines is 1. The molecule has 4 aromatic rings. The lowest BCUT2D eigenvalue weighted by molar-refractivity contribution is 0.117. The van der Waals surface area contributed by atoms with Crippen LogP contribution >= 0.6 is 0 Å². The van der Waals surface area contributed by atoms with Crippen molar-refractivity contribution in [2.45, 2.75) is 26.4 Å². The van der Waals surface area contributed by atoms with Crippen LogP contribution < -0.4 is 5.73 Å². The smallest absolute Gasteiger partial charge is 0.221 e. The molecule has 3 heterocycles. The molecule has 0 aliphatic carbocycles. The SMILES string of the molecule is Cc1cnc(C(C)(O)C#Cc2ccc3c(C)nn(-c4ccnc(N)n4)c3c2)cn1. The number of nitrogen functional groups attached to an aromatic ring is 1. The van der Waals surface area contributed by atoms with Crippen LogP contribution in [-0.2, 0) is 5.60 Å². The minimum absolute atomic E-state index is 0.176. The molecule has 3 aromatic heterocycles. The first-order valence-corrected chi connectivity index (χ1v) is 8.96. The topological polar surface area (TPSA) is 116 Å². The van der Waals surface area contributed by atoms with E-state index in [1.54, 1.807) is 30.1 Å². The Morgan fingerprint density at radius 2 is 1.93 bits per heavy atom. The Hall–Kier alpha value is -3.83. The molecule has 0 spiro atoms. The average Bonchev–Trinajstić information content (AvgIpc) is 3.03. The van der Waals surface area contributed by atoms with Gasteiger partial charge in [-0.1, -0.05) is 11.8 Å². The van der Waals surface area contributed by atoms with E-state index in [9.17, 15) is 5.11 Å². The van der Waals surface area contributed by atoms with Gasteiger partial charge in [-0.3, -0.25) is 9.97 Å². The van der Waals surface area contributed by atoms with Crippen LogP contribution in [0.5, 0.6) is 0 Å². The Kier molecular flexibility index (Phi) is 4.45. The van der Waals surface area contributed by atoms with Crippen molar-refractivity contribution < 1.29 is 5.11 Å². The van der Waals surface area contributed by atoms with Crippen molar-refractivity contribution in [2.75, 3.05) is 5.73 Å². The zero-order valence-corrected chi connectivity index (χ0v) is 16.2. The van der Waals surface area contributed by atoms with E-state index in [1.807, 2.05) is 32.0 Å². The van der Waals surface area contributed by atoms with Gasteiger partial charge in [-0.15, -0.1) is 0 Å². The third-order valence-corrected chi connectivity index (χ3v) is 4.47.